The molecule has 1 saturated carbocycles. The van der Waals surface area contributed by atoms with Crippen molar-refractivity contribution in [2.45, 2.75) is 19.0 Å². The fraction of sp³-hybridized carbons (Fsp3) is 0.500. The Labute approximate surface area is 85.5 Å². The average Bonchev–Trinajstić information content (AvgIpc) is 2.97. The van der Waals surface area contributed by atoms with Crippen LogP contribution < -0.4 is 5.32 Å². The summed E-state index contributed by atoms with van der Waals surface area (Å²) in [6.45, 7) is 0.717. The molecule has 1 heterocycles. The molecule has 0 aromatic carbocycles. The zero-order valence-electron chi connectivity index (χ0n) is 8.01. The molecule has 1 N–H and O–H groups in total. The Morgan fingerprint density at radius 3 is 2.73 bits per heavy atom. The average molecular weight is 216 g/mol. The lowest BCUT2D eigenvalue weighted by Gasteiger charge is -2.09. The number of hydrogen-bond donors (Lipinski definition) is 1. The van der Waals surface area contributed by atoms with E-state index in [2.05, 4.69) is 10.3 Å². The standard InChI is InChI=1S/C10H11F3N2/c11-10(12,13)8-3-4-14-9(5-8)15-6-7-1-2-7/h3-5,7H,1-2,6H2,(H,14,15). The molecule has 5 heteroatoms. The van der Waals surface area contributed by atoms with Crippen LogP contribution in [0, 0.1) is 5.92 Å². The molecular weight excluding hydrogens is 205 g/mol. The highest BCUT2D eigenvalue weighted by molar-refractivity contribution is 5.38. The van der Waals surface area contributed by atoms with E-state index in [0.717, 1.165) is 25.0 Å². The van der Waals surface area contributed by atoms with E-state index in [-0.39, 0.29) is 0 Å². The van der Waals surface area contributed by atoms with Crippen LogP contribution in [-0.2, 0) is 6.18 Å². The number of pyridine rings is 1. The number of alkyl halides is 3. The zero-order valence-corrected chi connectivity index (χ0v) is 8.01. The smallest absolute Gasteiger partial charge is 0.370 e. The van der Waals surface area contributed by atoms with Gasteiger partial charge in [0, 0.05) is 12.7 Å². The number of aromatic nitrogens is 1. The van der Waals surface area contributed by atoms with E-state index in [4.69, 9.17) is 0 Å². The third kappa shape index (κ3) is 2.84. The fourth-order valence-corrected chi connectivity index (χ4v) is 1.27. The van der Waals surface area contributed by atoms with Gasteiger partial charge in [-0.3, -0.25) is 0 Å². The van der Waals surface area contributed by atoms with Gasteiger partial charge in [0.1, 0.15) is 5.82 Å². The highest BCUT2D eigenvalue weighted by Gasteiger charge is 2.30. The van der Waals surface area contributed by atoms with Crippen molar-refractivity contribution < 1.29 is 13.2 Å². The van der Waals surface area contributed by atoms with E-state index in [1.165, 1.54) is 6.20 Å². The van der Waals surface area contributed by atoms with Crippen LogP contribution in [0.25, 0.3) is 0 Å². The molecule has 2 nitrogen and oxygen atoms in total. The van der Waals surface area contributed by atoms with Crippen LogP contribution in [0.3, 0.4) is 0 Å². The normalized spacial score (nSPS) is 16.5. The van der Waals surface area contributed by atoms with Gasteiger partial charge in [0.15, 0.2) is 0 Å². The maximum Gasteiger partial charge on any atom is 0.416 e. The highest BCUT2D eigenvalue weighted by Crippen LogP contribution is 2.31. The van der Waals surface area contributed by atoms with Crippen molar-refractivity contribution in [2.24, 2.45) is 5.92 Å². The maximum atomic E-state index is 12.3. The van der Waals surface area contributed by atoms with E-state index in [9.17, 15) is 13.2 Å². The summed E-state index contributed by atoms with van der Waals surface area (Å²) in [6.07, 6.45) is -0.797. The molecule has 0 aliphatic heterocycles. The second-order valence-corrected chi connectivity index (χ2v) is 3.75. The van der Waals surface area contributed by atoms with Gasteiger partial charge in [0.05, 0.1) is 5.56 Å². The molecule has 0 radical (unpaired) electrons. The Kier molecular flexibility index (Phi) is 2.54. The molecule has 1 aromatic heterocycles. The number of anilines is 1. The molecule has 0 atom stereocenters. The van der Waals surface area contributed by atoms with Crippen molar-refractivity contribution >= 4 is 5.82 Å². The molecule has 2 rings (SSSR count). The third-order valence-corrected chi connectivity index (χ3v) is 2.36. The van der Waals surface area contributed by atoms with Gasteiger partial charge >= 0.3 is 6.18 Å². The highest BCUT2D eigenvalue weighted by atomic mass is 19.4. The van der Waals surface area contributed by atoms with E-state index < -0.39 is 11.7 Å². The Morgan fingerprint density at radius 2 is 2.13 bits per heavy atom. The molecule has 1 aliphatic rings. The maximum absolute atomic E-state index is 12.3. The number of rotatable bonds is 3. The fourth-order valence-electron chi connectivity index (χ4n) is 1.27. The summed E-state index contributed by atoms with van der Waals surface area (Å²) in [5.41, 5.74) is -0.657. The predicted octanol–water partition coefficient (Wildman–Crippen LogP) is 2.92. The minimum atomic E-state index is -4.29. The van der Waals surface area contributed by atoms with Crippen LogP contribution in [0.2, 0.25) is 0 Å². The lowest BCUT2D eigenvalue weighted by molar-refractivity contribution is -0.137. The van der Waals surface area contributed by atoms with Gasteiger partial charge in [0.25, 0.3) is 0 Å². The first-order valence-electron chi connectivity index (χ1n) is 4.83. The van der Waals surface area contributed by atoms with E-state index in [0.29, 0.717) is 18.3 Å². The van der Waals surface area contributed by atoms with Crippen LogP contribution in [0.5, 0.6) is 0 Å². The second-order valence-electron chi connectivity index (χ2n) is 3.75. The Hall–Kier alpha value is -1.26. The summed E-state index contributed by atoms with van der Waals surface area (Å²) in [6, 6.07) is 2.02. The van der Waals surface area contributed by atoms with Crippen LogP contribution in [0.4, 0.5) is 19.0 Å². The summed E-state index contributed by atoms with van der Waals surface area (Å²) in [5.74, 6) is 0.915. The molecular formula is C10H11F3N2. The van der Waals surface area contributed by atoms with E-state index >= 15 is 0 Å². The van der Waals surface area contributed by atoms with Crippen LogP contribution in [-0.4, -0.2) is 11.5 Å². The number of nitrogens with zero attached hydrogens (tertiary/aromatic N) is 1. The molecule has 0 unspecified atom stereocenters. The van der Waals surface area contributed by atoms with Gasteiger partial charge < -0.3 is 5.32 Å². The first-order valence-corrected chi connectivity index (χ1v) is 4.83. The van der Waals surface area contributed by atoms with Crippen molar-refractivity contribution in [1.29, 1.82) is 0 Å². The Morgan fingerprint density at radius 1 is 1.40 bits per heavy atom. The monoisotopic (exact) mass is 216 g/mol. The van der Waals surface area contributed by atoms with Gasteiger partial charge in [-0.1, -0.05) is 0 Å². The number of hydrogen-bond acceptors (Lipinski definition) is 2. The summed E-state index contributed by atoms with van der Waals surface area (Å²) in [4.78, 5) is 3.84. The molecule has 0 saturated heterocycles. The van der Waals surface area contributed by atoms with Crippen LogP contribution >= 0.6 is 0 Å². The molecule has 82 valence electrons. The number of nitrogens with one attached hydrogen (secondary N) is 1. The quantitative estimate of drug-likeness (QED) is 0.840. The van der Waals surface area contributed by atoms with Crippen LogP contribution in [0.15, 0.2) is 18.3 Å². The first-order chi connectivity index (χ1) is 7.05. The Bertz CT molecular complexity index is 345. The largest absolute Gasteiger partial charge is 0.416 e. The predicted molar refractivity (Wildman–Crippen MR) is 50.5 cm³/mol. The molecule has 1 fully saturated rings. The summed E-state index contributed by atoms with van der Waals surface area (Å²) >= 11 is 0. The third-order valence-electron chi connectivity index (χ3n) is 2.36. The molecule has 0 bridgehead atoms. The molecule has 15 heavy (non-hydrogen) atoms. The SMILES string of the molecule is FC(F)(F)c1ccnc(NCC2CC2)c1. The molecule has 0 amide bonds. The second kappa shape index (κ2) is 3.72. The molecule has 1 aliphatic carbocycles. The Balaban J connectivity index is 2.04. The minimum Gasteiger partial charge on any atom is -0.370 e. The van der Waals surface area contributed by atoms with Crippen molar-refractivity contribution in [2.75, 3.05) is 11.9 Å². The first kappa shape index (κ1) is 10.3. The van der Waals surface area contributed by atoms with Crippen molar-refractivity contribution in [3.05, 3.63) is 23.9 Å². The molecule has 0 spiro atoms. The summed E-state index contributed by atoms with van der Waals surface area (Å²) in [7, 11) is 0. The topological polar surface area (TPSA) is 24.9 Å². The molecule has 1 aromatic rings. The van der Waals surface area contributed by atoms with Crippen molar-refractivity contribution in [3.8, 4) is 0 Å². The van der Waals surface area contributed by atoms with Gasteiger partial charge in [-0.15, -0.1) is 0 Å². The van der Waals surface area contributed by atoms with Crippen molar-refractivity contribution in [1.82, 2.24) is 4.98 Å². The van der Waals surface area contributed by atoms with Gasteiger partial charge in [-0.05, 0) is 30.9 Å². The van der Waals surface area contributed by atoms with Crippen molar-refractivity contribution in [3.63, 3.8) is 0 Å². The minimum absolute atomic E-state index is 0.303. The van der Waals surface area contributed by atoms with Crippen LogP contribution in [0.1, 0.15) is 18.4 Å². The summed E-state index contributed by atoms with van der Waals surface area (Å²) in [5, 5.41) is 2.91. The lowest BCUT2D eigenvalue weighted by Crippen LogP contribution is -2.09. The van der Waals surface area contributed by atoms with E-state index in [1.807, 2.05) is 0 Å². The van der Waals surface area contributed by atoms with E-state index in [1.54, 1.807) is 0 Å². The number of halogens is 3. The van der Waals surface area contributed by atoms with Gasteiger partial charge in [-0.25, -0.2) is 4.98 Å². The zero-order chi connectivity index (χ0) is 10.9. The van der Waals surface area contributed by atoms with Gasteiger partial charge in [0.2, 0.25) is 0 Å². The summed E-state index contributed by atoms with van der Waals surface area (Å²) < 4.78 is 37.0. The van der Waals surface area contributed by atoms with Gasteiger partial charge in [-0.2, -0.15) is 13.2 Å². The lowest BCUT2D eigenvalue weighted by atomic mass is 10.2.